The molecule has 21 heavy (non-hydrogen) atoms. The highest BCUT2D eigenvalue weighted by atomic mass is 19.4. The Morgan fingerprint density at radius 2 is 2.19 bits per heavy atom. The van der Waals surface area contributed by atoms with Crippen molar-refractivity contribution in [3.63, 3.8) is 0 Å². The van der Waals surface area contributed by atoms with E-state index in [1.54, 1.807) is 0 Å². The summed E-state index contributed by atoms with van der Waals surface area (Å²) in [4.78, 5) is 9.73. The molecule has 1 aromatic rings. The van der Waals surface area contributed by atoms with Gasteiger partial charge in [-0.05, 0) is 38.8 Å². The van der Waals surface area contributed by atoms with Crippen LogP contribution >= 0.6 is 0 Å². The summed E-state index contributed by atoms with van der Waals surface area (Å²) in [7, 11) is 0. The van der Waals surface area contributed by atoms with Gasteiger partial charge in [-0.25, -0.2) is 9.97 Å². The molecule has 0 aromatic carbocycles. The molecule has 7 heteroatoms. The highest BCUT2D eigenvalue weighted by Gasteiger charge is 2.32. The van der Waals surface area contributed by atoms with Gasteiger partial charge in [-0.15, -0.1) is 0 Å². The third-order valence-electron chi connectivity index (χ3n) is 3.79. The summed E-state index contributed by atoms with van der Waals surface area (Å²) in [6.45, 7) is 4.86. The Morgan fingerprint density at radius 1 is 1.38 bits per heavy atom. The monoisotopic (exact) mass is 302 g/mol. The summed E-state index contributed by atoms with van der Waals surface area (Å²) in [5, 5.41) is 2.86. The average molecular weight is 302 g/mol. The van der Waals surface area contributed by atoms with E-state index in [4.69, 9.17) is 0 Å². The minimum atomic E-state index is -4.43. The van der Waals surface area contributed by atoms with Crippen LogP contribution in [0, 0.1) is 0 Å². The van der Waals surface area contributed by atoms with Gasteiger partial charge in [0.25, 0.3) is 0 Å². The Hall–Kier alpha value is -1.37. The van der Waals surface area contributed by atoms with E-state index in [1.807, 2.05) is 0 Å². The molecule has 1 fully saturated rings. The first kappa shape index (κ1) is 16.0. The first-order chi connectivity index (χ1) is 9.97. The Balaban J connectivity index is 1.76. The van der Waals surface area contributed by atoms with Crippen LogP contribution in [0.1, 0.15) is 38.3 Å². The molecule has 0 spiro atoms. The molecule has 1 atom stereocenters. The number of likely N-dealkylation sites (tertiary alicyclic amines) is 1. The minimum absolute atomic E-state index is 0.0384. The van der Waals surface area contributed by atoms with Gasteiger partial charge in [-0.3, -0.25) is 0 Å². The maximum atomic E-state index is 12.5. The quantitative estimate of drug-likeness (QED) is 0.848. The second kappa shape index (κ2) is 7.06. The zero-order valence-electron chi connectivity index (χ0n) is 12.2. The fourth-order valence-electron chi connectivity index (χ4n) is 2.57. The van der Waals surface area contributed by atoms with Crippen LogP contribution in [0.4, 0.5) is 19.1 Å². The highest BCUT2D eigenvalue weighted by molar-refractivity contribution is 5.25. The van der Waals surface area contributed by atoms with Gasteiger partial charge in [-0.2, -0.15) is 13.2 Å². The number of alkyl halides is 3. The van der Waals surface area contributed by atoms with Crippen molar-refractivity contribution in [1.29, 1.82) is 0 Å². The van der Waals surface area contributed by atoms with E-state index < -0.39 is 11.9 Å². The standard InChI is InChI=1S/C14H21F3N4/c1-11-5-2-3-9-21(11)10-4-7-18-13-19-8-6-12(20-13)14(15,16)17/h6,8,11H,2-5,7,9-10H2,1H3,(H,18,19,20). The highest BCUT2D eigenvalue weighted by Crippen LogP contribution is 2.27. The number of nitrogens with one attached hydrogen (secondary N) is 1. The van der Waals surface area contributed by atoms with Crippen LogP contribution in [0.3, 0.4) is 0 Å². The molecule has 1 aromatic heterocycles. The maximum absolute atomic E-state index is 12.5. The Labute approximate surface area is 122 Å². The first-order valence-electron chi connectivity index (χ1n) is 7.35. The third-order valence-corrected chi connectivity index (χ3v) is 3.79. The molecule has 4 nitrogen and oxygen atoms in total. The lowest BCUT2D eigenvalue weighted by molar-refractivity contribution is -0.141. The fraction of sp³-hybridized carbons (Fsp3) is 0.714. The second-order valence-corrected chi connectivity index (χ2v) is 5.42. The molecule has 0 amide bonds. The van der Waals surface area contributed by atoms with Gasteiger partial charge in [0, 0.05) is 25.3 Å². The lowest BCUT2D eigenvalue weighted by atomic mass is 10.0. The summed E-state index contributed by atoms with van der Waals surface area (Å²) in [6, 6.07) is 1.48. The number of halogens is 3. The lowest BCUT2D eigenvalue weighted by Crippen LogP contribution is -2.38. The molecule has 2 rings (SSSR count). The maximum Gasteiger partial charge on any atom is 0.433 e. The van der Waals surface area contributed by atoms with Crippen LogP contribution < -0.4 is 5.32 Å². The van der Waals surface area contributed by atoms with Crippen LogP contribution in [-0.2, 0) is 6.18 Å². The van der Waals surface area contributed by atoms with E-state index in [0.717, 1.165) is 31.8 Å². The van der Waals surface area contributed by atoms with Crippen LogP contribution in [0.25, 0.3) is 0 Å². The third kappa shape index (κ3) is 4.84. The van der Waals surface area contributed by atoms with Crippen LogP contribution in [0.2, 0.25) is 0 Å². The lowest BCUT2D eigenvalue weighted by Gasteiger charge is -2.33. The van der Waals surface area contributed by atoms with Crippen molar-refractivity contribution in [2.24, 2.45) is 0 Å². The minimum Gasteiger partial charge on any atom is -0.354 e. The number of anilines is 1. The van der Waals surface area contributed by atoms with Crippen molar-refractivity contribution in [3.05, 3.63) is 18.0 Å². The van der Waals surface area contributed by atoms with Crippen molar-refractivity contribution in [2.75, 3.05) is 25.0 Å². The molecule has 118 valence electrons. The summed E-state index contributed by atoms with van der Waals surface area (Å²) in [5.41, 5.74) is -0.912. The smallest absolute Gasteiger partial charge is 0.354 e. The van der Waals surface area contributed by atoms with Crippen LogP contribution in [0.15, 0.2) is 12.3 Å². The Bertz CT molecular complexity index is 450. The number of aromatic nitrogens is 2. The molecule has 1 unspecified atom stereocenters. The molecule has 2 heterocycles. The van der Waals surface area contributed by atoms with E-state index in [0.29, 0.717) is 12.6 Å². The van der Waals surface area contributed by atoms with Gasteiger partial charge in [0.2, 0.25) is 5.95 Å². The van der Waals surface area contributed by atoms with E-state index in [2.05, 4.69) is 27.1 Å². The molecule has 0 saturated carbocycles. The summed E-state index contributed by atoms with van der Waals surface area (Å²) < 4.78 is 37.6. The van der Waals surface area contributed by atoms with Crippen molar-refractivity contribution < 1.29 is 13.2 Å². The fourth-order valence-corrected chi connectivity index (χ4v) is 2.57. The molecule has 0 aliphatic carbocycles. The van der Waals surface area contributed by atoms with E-state index in [-0.39, 0.29) is 5.95 Å². The summed E-state index contributed by atoms with van der Waals surface area (Å²) >= 11 is 0. The molecular weight excluding hydrogens is 281 g/mol. The summed E-state index contributed by atoms with van der Waals surface area (Å²) in [6.07, 6.45) is 1.31. The van der Waals surface area contributed by atoms with Gasteiger partial charge < -0.3 is 10.2 Å². The molecule has 0 radical (unpaired) electrons. The van der Waals surface area contributed by atoms with Gasteiger partial charge in [0.15, 0.2) is 0 Å². The molecule has 0 bridgehead atoms. The van der Waals surface area contributed by atoms with Gasteiger partial charge in [0.05, 0.1) is 0 Å². The van der Waals surface area contributed by atoms with E-state index in [9.17, 15) is 13.2 Å². The predicted molar refractivity (Wildman–Crippen MR) is 75.0 cm³/mol. The number of hydrogen-bond acceptors (Lipinski definition) is 4. The zero-order valence-corrected chi connectivity index (χ0v) is 12.2. The molecule has 1 N–H and O–H groups in total. The topological polar surface area (TPSA) is 41.0 Å². The van der Waals surface area contributed by atoms with Crippen molar-refractivity contribution in [2.45, 2.75) is 44.8 Å². The largest absolute Gasteiger partial charge is 0.433 e. The second-order valence-electron chi connectivity index (χ2n) is 5.42. The number of rotatable bonds is 5. The van der Waals surface area contributed by atoms with Gasteiger partial charge in [-0.1, -0.05) is 6.42 Å². The molecule has 1 aliphatic heterocycles. The SMILES string of the molecule is CC1CCCCN1CCCNc1nccc(C(F)(F)F)n1. The normalized spacial score (nSPS) is 20.5. The van der Waals surface area contributed by atoms with Crippen molar-refractivity contribution in [3.8, 4) is 0 Å². The zero-order chi connectivity index (χ0) is 15.3. The predicted octanol–water partition coefficient (Wildman–Crippen LogP) is 3.17. The molecular formula is C14H21F3N4. The first-order valence-corrected chi connectivity index (χ1v) is 7.35. The average Bonchev–Trinajstić information content (AvgIpc) is 2.45. The van der Waals surface area contributed by atoms with E-state index >= 15 is 0 Å². The van der Waals surface area contributed by atoms with Crippen LogP contribution in [0.5, 0.6) is 0 Å². The van der Waals surface area contributed by atoms with E-state index in [1.165, 1.54) is 19.3 Å². The number of piperidine rings is 1. The Morgan fingerprint density at radius 3 is 2.90 bits per heavy atom. The van der Waals surface area contributed by atoms with Crippen LogP contribution in [-0.4, -0.2) is 40.5 Å². The van der Waals surface area contributed by atoms with Crippen molar-refractivity contribution in [1.82, 2.24) is 14.9 Å². The summed E-state index contributed by atoms with van der Waals surface area (Å²) in [5.74, 6) is 0.0384. The number of hydrogen-bond donors (Lipinski definition) is 1. The van der Waals surface area contributed by atoms with Crippen molar-refractivity contribution >= 4 is 5.95 Å². The van der Waals surface area contributed by atoms with Gasteiger partial charge in [0.1, 0.15) is 5.69 Å². The number of nitrogens with zero attached hydrogens (tertiary/aromatic N) is 3. The van der Waals surface area contributed by atoms with Gasteiger partial charge >= 0.3 is 6.18 Å². The Kier molecular flexibility index (Phi) is 5.39. The molecule has 1 saturated heterocycles. The molecule has 1 aliphatic rings.